The van der Waals surface area contributed by atoms with Gasteiger partial charge in [0.1, 0.15) is 0 Å². The topological polar surface area (TPSA) is 91.1 Å². The van der Waals surface area contributed by atoms with Crippen LogP contribution in [-0.4, -0.2) is 32.9 Å². The molecule has 0 fully saturated rings. The minimum absolute atomic E-state index is 0.1000. The molecule has 0 radical (unpaired) electrons. The summed E-state index contributed by atoms with van der Waals surface area (Å²) in [6.45, 7) is 0.235. The van der Waals surface area contributed by atoms with Crippen LogP contribution in [0, 0.1) is 0 Å². The minimum Gasteiger partial charge on any atom is -0.361 e. The molecular weight excluding hydrogens is 278 g/mol. The molecule has 1 amide bonds. The van der Waals surface area contributed by atoms with Crippen molar-refractivity contribution in [2.24, 2.45) is 0 Å². The van der Waals surface area contributed by atoms with Crippen molar-refractivity contribution in [1.29, 1.82) is 0 Å². The van der Waals surface area contributed by atoms with Crippen LogP contribution in [0.25, 0.3) is 10.9 Å². The second kappa shape index (κ2) is 6.06. The normalized spacial score (nSPS) is 11.7. The summed E-state index contributed by atoms with van der Waals surface area (Å²) in [5.41, 5.74) is 0.776. The van der Waals surface area contributed by atoms with Crippen molar-refractivity contribution in [3.8, 4) is 0 Å². The van der Waals surface area contributed by atoms with Crippen molar-refractivity contribution < 1.29 is 13.2 Å². The molecule has 0 bridgehead atoms. The second-order valence-electron chi connectivity index (χ2n) is 4.40. The maximum Gasteiger partial charge on any atom is 0.240 e. The van der Waals surface area contributed by atoms with Crippen molar-refractivity contribution >= 4 is 26.8 Å². The Labute approximate surface area is 117 Å². The van der Waals surface area contributed by atoms with Crippen molar-refractivity contribution in [2.45, 2.75) is 17.7 Å². The van der Waals surface area contributed by atoms with E-state index in [2.05, 4.69) is 15.0 Å². The fourth-order valence-corrected chi connectivity index (χ4v) is 2.96. The van der Waals surface area contributed by atoms with E-state index in [-0.39, 0.29) is 17.3 Å². The zero-order valence-corrected chi connectivity index (χ0v) is 12.0. The Morgan fingerprint density at radius 3 is 2.85 bits per heavy atom. The molecule has 1 aromatic carbocycles. The van der Waals surface area contributed by atoms with Gasteiger partial charge in [0.15, 0.2) is 0 Å². The van der Waals surface area contributed by atoms with Gasteiger partial charge in [0.05, 0.1) is 4.90 Å². The molecule has 0 saturated heterocycles. The first-order chi connectivity index (χ1) is 9.53. The Kier molecular flexibility index (Phi) is 4.41. The Balaban J connectivity index is 2.00. The van der Waals surface area contributed by atoms with Crippen LogP contribution in [0.5, 0.6) is 0 Å². The second-order valence-corrected chi connectivity index (χ2v) is 6.17. The predicted octanol–water partition coefficient (Wildman–Crippen LogP) is 0.972. The third-order valence-corrected chi connectivity index (χ3v) is 4.45. The lowest BCUT2D eigenvalue weighted by molar-refractivity contribution is -0.120. The molecule has 0 aliphatic heterocycles. The molecule has 0 saturated carbocycles. The van der Waals surface area contributed by atoms with E-state index in [4.69, 9.17) is 0 Å². The molecule has 0 aliphatic rings. The number of nitrogens with one attached hydrogen (secondary N) is 3. The molecule has 0 atom stereocenters. The average molecular weight is 295 g/mol. The lowest BCUT2D eigenvalue weighted by Gasteiger charge is -2.06. The summed E-state index contributed by atoms with van der Waals surface area (Å²) < 4.78 is 26.7. The van der Waals surface area contributed by atoms with E-state index in [1.54, 1.807) is 31.4 Å². The number of carbonyl (C=O) groups is 1. The zero-order chi connectivity index (χ0) is 14.6. The zero-order valence-electron chi connectivity index (χ0n) is 11.1. The first-order valence-electron chi connectivity index (χ1n) is 6.30. The molecule has 20 heavy (non-hydrogen) atoms. The first kappa shape index (κ1) is 14.5. The van der Waals surface area contributed by atoms with Gasteiger partial charge in [-0.1, -0.05) is 6.07 Å². The lowest BCUT2D eigenvalue weighted by Crippen LogP contribution is -2.26. The number of hydrogen-bond acceptors (Lipinski definition) is 3. The van der Waals surface area contributed by atoms with Crippen LogP contribution in [0.3, 0.4) is 0 Å². The maximum absolute atomic E-state index is 12.1. The fraction of sp³-hybridized carbons (Fsp3) is 0.308. The number of aromatic nitrogens is 1. The number of H-pyrrole nitrogens is 1. The van der Waals surface area contributed by atoms with Crippen LogP contribution in [0.15, 0.2) is 35.4 Å². The molecule has 2 rings (SSSR count). The molecule has 1 heterocycles. The predicted molar refractivity (Wildman–Crippen MR) is 76.8 cm³/mol. The molecule has 0 unspecified atom stereocenters. The maximum atomic E-state index is 12.1. The molecule has 6 nitrogen and oxygen atoms in total. The standard InChI is InChI=1S/C13H17N3O3S/c1-14-13(17)3-2-7-16-20(18,19)11-5-4-10-6-8-15-12(10)9-11/h4-6,8-9,15-16H,2-3,7H2,1H3,(H,14,17). The Hall–Kier alpha value is -1.86. The van der Waals surface area contributed by atoms with Crippen molar-refractivity contribution in [3.63, 3.8) is 0 Å². The molecule has 3 N–H and O–H groups in total. The van der Waals surface area contributed by atoms with Gasteiger partial charge < -0.3 is 10.3 Å². The lowest BCUT2D eigenvalue weighted by atomic mass is 10.2. The SMILES string of the molecule is CNC(=O)CCCNS(=O)(=O)c1ccc2cc[nH]c2c1. The van der Waals surface area contributed by atoms with E-state index in [0.717, 1.165) is 10.9 Å². The summed E-state index contributed by atoms with van der Waals surface area (Å²) >= 11 is 0. The van der Waals surface area contributed by atoms with Crippen LogP contribution in [0.2, 0.25) is 0 Å². The fourth-order valence-electron chi connectivity index (χ4n) is 1.86. The van der Waals surface area contributed by atoms with E-state index < -0.39 is 10.0 Å². The first-order valence-corrected chi connectivity index (χ1v) is 7.78. The van der Waals surface area contributed by atoms with Crippen molar-refractivity contribution in [2.75, 3.05) is 13.6 Å². The number of carbonyl (C=O) groups excluding carboxylic acids is 1. The van der Waals surface area contributed by atoms with Gasteiger partial charge in [-0.25, -0.2) is 13.1 Å². The van der Waals surface area contributed by atoms with Gasteiger partial charge in [0.2, 0.25) is 15.9 Å². The monoisotopic (exact) mass is 295 g/mol. The summed E-state index contributed by atoms with van der Waals surface area (Å²) in [4.78, 5) is 14.2. The summed E-state index contributed by atoms with van der Waals surface area (Å²) in [6, 6.07) is 6.79. The van der Waals surface area contributed by atoms with Crippen molar-refractivity contribution in [3.05, 3.63) is 30.5 Å². The van der Waals surface area contributed by atoms with Crippen LogP contribution in [0.1, 0.15) is 12.8 Å². The van der Waals surface area contributed by atoms with E-state index in [9.17, 15) is 13.2 Å². The number of sulfonamides is 1. The Morgan fingerprint density at radius 2 is 2.10 bits per heavy atom. The van der Waals surface area contributed by atoms with E-state index >= 15 is 0 Å². The van der Waals surface area contributed by atoms with E-state index in [1.165, 1.54) is 0 Å². The number of benzene rings is 1. The smallest absolute Gasteiger partial charge is 0.240 e. The van der Waals surface area contributed by atoms with Gasteiger partial charge in [0, 0.05) is 31.7 Å². The van der Waals surface area contributed by atoms with Crippen LogP contribution in [0.4, 0.5) is 0 Å². The molecule has 7 heteroatoms. The highest BCUT2D eigenvalue weighted by Gasteiger charge is 2.14. The van der Waals surface area contributed by atoms with Crippen LogP contribution >= 0.6 is 0 Å². The van der Waals surface area contributed by atoms with Gasteiger partial charge in [-0.3, -0.25) is 4.79 Å². The van der Waals surface area contributed by atoms with Gasteiger partial charge in [-0.05, 0) is 30.0 Å². The van der Waals surface area contributed by atoms with Crippen LogP contribution in [-0.2, 0) is 14.8 Å². The summed E-state index contributed by atoms with van der Waals surface area (Å²) in [7, 11) is -1.98. The largest absolute Gasteiger partial charge is 0.361 e. The van der Waals surface area contributed by atoms with Gasteiger partial charge in [-0.2, -0.15) is 0 Å². The quantitative estimate of drug-likeness (QED) is 0.694. The van der Waals surface area contributed by atoms with Gasteiger partial charge >= 0.3 is 0 Å². The number of fused-ring (bicyclic) bond motifs is 1. The van der Waals surface area contributed by atoms with Gasteiger partial charge in [0.25, 0.3) is 0 Å². The third-order valence-electron chi connectivity index (χ3n) is 2.99. The molecule has 1 aromatic heterocycles. The van der Waals surface area contributed by atoms with Crippen molar-refractivity contribution in [1.82, 2.24) is 15.0 Å². The highest BCUT2D eigenvalue weighted by Crippen LogP contribution is 2.17. The molecule has 0 aliphatic carbocycles. The Bertz CT molecular complexity index is 706. The highest BCUT2D eigenvalue weighted by molar-refractivity contribution is 7.89. The third kappa shape index (κ3) is 3.37. The summed E-state index contributed by atoms with van der Waals surface area (Å²) in [5.74, 6) is -0.1000. The van der Waals surface area contributed by atoms with E-state index in [1.807, 2.05) is 6.07 Å². The molecular formula is C13H17N3O3S. The number of hydrogen-bond donors (Lipinski definition) is 3. The average Bonchev–Trinajstić information content (AvgIpc) is 2.90. The Morgan fingerprint density at radius 1 is 1.30 bits per heavy atom. The van der Waals surface area contributed by atoms with E-state index in [0.29, 0.717) is 12.8 Å². The van der Waals surface area contributed by atoms with Gasteiger partial charge in [-0.15, -0.1) is 0 Å². The molecule has 108 valence electrons. The summed E-state index contributed by atoms with van der Waals surface area (Å²) in [6.07, 6.45) is 2.52. The highest BCUT2D eigenvalue weighted by atomic mass is 32.2. The molecule has 2 aromatic rings. The number of rotatable bonds is 6. The molecule has 0 spiro atoms. The summed E-state index contributed by atoms with van der Waals surface area (Å²) in [5, 5.41) is 3.45. The minimum atomic E-state index is -3.54. The number of aromatic amines is 1. The van der Waals surface area contributed by atoms with Crippen LogP contribution < -0.4 is 10.0 Å². The number of amides is 1.